The van der Waals surface area contributed by atoms with Crippen LogP contribution in [0.2, 0.25) is 0 Å². The van der Waals surface area contributed by atoms with Gasteiger partial charge in [0.2, 0.25) is 5.91 Å². The quantitative estimate of drug-likeness (QED) is 0.569. The predicted octanol–water partition coefficient (Wildman–Crippen LogP) is -0.241. The molecule has 1 aromatic carbocycles. The van der Waals surface area contributed by atoms with Crippen LogP contribution in [0.4, 0.5) is 0 Å². The summed E-state index contributed by atoms with van der Waals surface area (Å²) in [6.45, 7) is 1.59. The summed E-state index contributed by atoms with van der Waals surface area (Å²) in [6.07, 6.45) is 0.393. The van der Waals surface area contributed by atoms with E-state index in [2.05, 4.69) is 5.32 Å². The van der Waals surface area contributed by atoms with Gasteiger partial charge in [-0.25, -0.2) is 0 Å². The van der Waals surface area contributed by atoms with Crippen LogP contribution in [0, 0.1) is 0 Å². The first-order valence-electron chi connectivity index (χ1n) is 5.47. The predicted molar refractivity (Wildman–Crippen MR) is 64.5 cm³/mol. The number of aliphatic hydroxyl groups is 1. The van der Waals surface area contributed by atoms with Crippen LogP contribution in [0.25, 0.3) is 0 Å². The molecule has 0 spiro atoms. The van der Waals surface area contributed by atoms with Crippen molar-refractivity contribution in [3.8, 4) is 5.75 Å². The Hall–Kier alpha value is -1.59. The Morgan fingerprint density at radius 2 is 2.00 bits per heavy atom. The second-order valence-electron chi connectivity index (χ2n) is 4.07. The molecule has 1 amide bonds. The number of rotatable bonds is 5. The summed E-state index contributed by atoms with van der Waals surface area (Å²) in [4.78, 5) is 11.6. The number of phenols is 1. The molecule has 17 heavy (non-hydrogen) atoms. The maximum absolute atomic E-state index is 11.6. The maximum Gasteiger partial charge on any atom is 0.237 e. The Morgan fingerprint density at radius 3 is 2.53 bits per heavy atom. The highest BCUT2D eigenvalue weighted by Gasteiger charge is 2.15. The van der Waals surface area contributed by atoms with E-state index in [-0.39, 0.29) is 24.3 Å². The van der Waals surface area contributed by atoms with E-state index >= 15 is 0 Å². The first kappa shape index (κ1) is 13.5. The molecule has 0 bridgehead atoms. The first-order valence-corrected chi connectivity index (χ1v) is 5.47. The second kappa shape index (κ2) is 6.22. The lowest BCUT2D eigenvalue weighted by atomic mass is 10.1. The highest BCUT2D eigenvalue weighted by Crippen LogP contribution is 2.10. The van der Waals surface area contributed by atoms with Crippen LogP contribution in [0.3, 0.4) is 0 Å². The minimum atomic E-state index is -0.659. The Kier molecular flexibility index (Phi) is 4.93. The number of benzene rings is 1. The van der Waals surface area contributed by atoms with Crippen molar-refractivity contribution in [3.63, 3.8) is 0 Å². The van der Waals surface area contributed by atoms with Crippen LogP contribution in [0.5, 0.6) is 5.75 Å². The molecule has 0 aliphatic heterocycles. The largest absolute Gasteiger partial charge is 0.508 e. The van der Waals surface area contributed by atoms with Gasteiger partial charge >= 0.3 is 0 Å². The van der Waals surface area contributed by atoms with Crippen molar-refractivity contribution >= 4 is 5.91 Å². The maximum atomic E-state index is 11.6. The summed E-state index contributed by atoms with van der Waals surface area (Å²) in [7, 11) is 0. The number of nitrogens with two attached hydrogens (primary N) is 1. The first-order chi connectivity index (χ1) is 8.02. The van der Waals surface area contributed by atoms with E-state index in [9.17, 15) is 4.79 Å². The van der Waals surface area contributed by atoms with Gasteiger partial charge in [0.05, 0.1) is 12.6 Å². The molecule has 0 radical (unpaired) electrons. The molecule has 0 fully saturated rings. The topological polar surface area (TPSA) is 95.6 Å². The van der Waals surface area contributed by atoms with Gasteiger partial charge in [-0.05, 0) is 31.0 Å². The van der Waals surface area contributed by atoms with Crippen LogP contribution in [-0.2, 0) is 11.2 Å². The van der Waals surface area contributed by atoms with Crippen molar-refractivity contribution in [2.75, 3.05) is 6.61 Å². The molecule has 0 aromatic heterocycles. The lowest BCUT2D eigenvalue weighted by Crippen LogP contribution is -2.46. The molecule has 0 aliphatic rings. The third kappa shape index (κ3) is 4.42. The molecule has 0 heterocycles. The van der Waals surface area contributed by atoms with Gasteiger partial charge in [0.1, 0.15) is 5.75 Å². The molecule has 0 aliphatic carbocycles. The fraction of sp³-hybridized carbons (Fsp3) is 0.417. The van der Waals surface area contributed by atoms with E-state index in [1.807, 2.05) is 0 Å². The molecular weight excluding hydrogens is 220 g/mol. The summed E-state index contributed by atoms with van der Waals surface area (Å²) >= 11 is 0. The average Bonchev–Trinajstić information content (AvgIpc) is 2.31. The molecule has 5 N–H and O–H groups in total. The number of carbonyl (C=O) groups is 1. The number of carbonyl (C=O) groups excluding carboxylic acids is 1. The summed E-state index contributed by atoms with van der Waals surface area (Å²) < 4.78 is 0. The number of nitrogens with one attached hydrogen (secondary N) is 1. The fourth-order valence-electron chi connectivity index (χ4n) is 1.37. The molecule has 5 nitrogen and oxygen atoms in total. The minimum Gasteiger partial charge on any atom is -0.508 e. The molecule has 94 valence electrons. The lowest BCUT2D eigenvalue weighted by Gasteiger charge is -2.15. The van der Waals surface area contributed by atoms with Crippen molar-refractivity contribution < 1.29 is 15.0 Å². The number of hydrogen-bond acceptors (Lipinski definition) is 4. The zero-order valence-electron chi connectivity index (χ0n) is 9.76. The number of hydrogen-bond donors (Lipinski definition) is 4. The molecule has 1 rings (SSSR count). The second-order valence-corrected chi connectivity index (χ2v) is 4.07. The van der Waals surface area contributed by atoms with Gasteiger partial charge in [-0.15, -0.1) is 0 Å². The van der Waals surface area contributed by atoms with E-state index in [1.54, 1.807) is 31.2 Å². The van der Waals surface area contributed by atoms with Gasteiger partial charge in [0.25, 0.3) is 0 Å². The molecule has 2 atom stereocenters. The Morgan fingerprint density at radius 1 is 1.41 bits per heavy atom. The van der Waals surface area contributed by atoms with Crippen molar-refractivity contribution in [1.82, 2.24) is 5.32 Å². The van der Waals surface area contributed by atoms with Gasteiger partial charge in [0.15, 0.2) is 0 Å². The standard InChI is InChI=1S/C12H18N2O3/c1-8(7-15)14-12(17)11(13)6-9-2-4-10(16)5-3-9/h2-5,8,11,15-16H,6-7,13H2,1H3,(H,14,17)/t8?,11-/m0/s1. The smallest absolute Gasteiger partial charge is 0.237 e. The van der Waals surface area contributed by atoms with Crippen molar-refractivity contribution in [2.45, 2.75) is 25.4 Å². The van der Waals surface area contributed by atoms with Gasteiger partial charge in [-0.1, -0.05) is 12.1 Å². The number of aromatic hydroxyl groups is 1. The monoisotopic (exact) mass is 238 g/mol. The number of phenolic OH excluding ortho intramolecular Hbond substituents is 1. The van der Waals surface area contributed by atoms with E-state index < -0.39 is 6.04 Å². The molecular formula is C12H18N2O3. The van der Waals surface area contributed by atoms with Gasteiger partial charge < -0.3 is 21.3 Å². The normalized spacial score (nSPS) is 14.1. The van der Waals surface area contributed by atoms with Crippen molar-refractivity contribution in [3.05, 3.63) is 29.8 Å². The molecule has 0 saturated heterocycles. The SMILES string of the molecule is CC(CO)NC(=O)[C@@H](N)Cc1ccc(O)cc1. The molecule has 0 saturated carbocycles. The summed E-state index contributed by atoms with van der Waals surface area (Å²) in [5.41, 5.74) is 6.61. The van der Waals surface area contributed by atoms with Crippen LogP contribution in [0.1, 0.15) is 12.5 Å². The summed E-state index contributed by atoms with van der Waals surface area (Å²) in [6, 6.07) is 5.59. The van der Waals surface area contributed by atoms with E-state index in [0.29, 0.717) is 6.42 Å². The highest BCUT2D eigenvalue weighted by atomic mass is 16.3. The molecule has 1 aromatic rings. The third-order valence-corrected chi connectivity index (χ3v) is 2.39. The Labute approximate surface area is 100 Å². The van der Waals surface area contributed by atoms with E-state index in [1.165, 1.54) is 0 Å². The minimum absolute atomic E-state index is 0.113. The van der Waals surface area contributed by atoms with Crippen molar-refractivity contribution in [1.29, 1.82) is 0 Å². The van der Waals surface area contributed by atoms with Crippen LogP contribution >= 0.6 is 0 Å². The Bertz CT molecular complexity index is 365. The van der Waals surface area contributed by atoms with E-state index in [0.717, 1.165) is 5.56 Å². The highest BCUT2D eigenvalue weighted by molar-refractivity contribution is 5.82. The van der Waals surface area contributed by atoms with Crippen LogP contribution < -0.4 is 11.1 Å². The third-order valence-electron chi connectivity index (χ3n) is 2.39. The van der Waals surface area contributed by atoms with Crippen molar-refractivity contribution in [2.24, 2.45) is 5.73 Å². The van der Waals surface area contributed by atoms with Gasteiger partial charge in [-0.3, -0.25) is 4.79 Å². The summed E-state index contributed by atoms with van der Waals surface area (Å²) in [5.74, 6) is -0.111. The lowest BCUT2D eigenvalue weighted by molar-refractivity contribution is -0.123. The zero-order chi connectivity index (χ0) is 12.8. The zero-order valence-corrected chi connectivity index (χ0v) is 9.76. The Balaban J connectivity index is 2.51. The van der Waals surface area contributed by atoms with E-state index in [4.69, 9.17) is 15.9 Å². The van der Waals surface area contributed by atoms with Gasteiger partial charge in [0, 0.05) is 6.04 Å². The average molecular weight is 238 g/mol. The number of amides is 1. The fourth-order valence-corrected chi connectivity index (χ4v) is 1.37. The molecule has 1 unspecified atom stereocenters. The van der Waals surface area contributed by atoms with Crippen LogP contribution in [-0.4, -0.2) is 34.8 Å². The van der Waals surface area contributed by atoms with Crippen LogP contribution in [0.15, 0.2) is 24.3 Å². The summed E-state index contributed by atoms with van der Waals surface area (Å²) in [5, 5.41) is 20.5. The van der Waals surface area contributed by atoms with Gasteiger partial charge in [-0.2, -0.15) is 0 Å². The molecule has 5 heteroatoms. The number of aliphatic hydroxyl groups excluding tert-OH is 1.